The lowest BCUT2D eigenvalue weighted by Gasteiger charge is -2.33. The summed E-state index contributed by atoms with van der Waals surface area (Å²) in [6.07, 6.45) is 0.260. The third-order valence-corrected chi connectivity index (χ3v) is 10.4. The van der Waals surface area contributed by atoms with Crippen LogP contribution in [0.3, 0.4) is 0 Å². The molecule has 3 saturated heterocycles. The Morgan fingerprint density at radius 2 is 1.80 bits per heavy atom. The number of rotatable bonds is 13. The van der Waals surface area contributed by atoms with Gasteiger partial charge in [-0.05, 0) is 61.2 Å². The molecule has 0 saturated carbocycles. The van der Waals surface area contributed by atoms with E-state index in [-0.39, 0.29) is 48.6 Å². The molecule has 0 unspecified atom stereocenters. The normalized spacial score (nSPS) is 24.8. The summed E-state index contributed by atoms with van der Waals surface area (Å²) in [5, 5.41) is 14.5. The Balaban J connectivity index is 1.36. The van der Waals surface area contributed by atoms with Crippen LogP contribution in [0.4, 0.5) is 5.69 Å². The fourth-order valence-corrected chi connectivity index (χ4v) is 7.59. The summed E-state index contributed by atoms with van der Waals surface area (Å²) >= 11 is 0. The smallest absolute Gasteiger partial charge is 0.306 e. The maximum Gasteiger partial charge on any atom is 0.306 e. The molecule has 13 heteroatoms. The van der Waals surface area contributed by atoms with E-state index in [0.717, 1.165) is 12.0 Å². The van der Waals surface area contributed by atoms with Gasteiger partial charge in [-0.1, -0.05) is 12.1 Å². The molecule has 3 fully saturated rings. The van der Waals surface area contributed by atoms with Crippen molar-refractivity contribution in [1.82, 2.24) is 9.62 Å². The molecule has 0 aromatic heterocycles. The number of nitrogens with two attached hydrogens (primary N) is 1. The van der Waals surface area contributed by atoms with Crippen molar-refractivity contribution in [1.29, 1.82) is 0 Å². The van der Waals surface area contributed by atoms with Crippen molar-refractivity contribution in [2.75, 3.05) is 39.1 Å². The van der Waals surface area contributed by atoms with Crippen molar-refractivity contribution >= 4 is 27.6 Å². The molecule has 3 aliphatic rings. The monoisotopic (exact) mass is 631 g/mol. The van der Waals surface area contributed by atoms with Crippen LogP contribution in [0, 0.1) is 11.8 Å². The predicted octanol–water partition coefficient (Wildman–Crippen LogP) is 1.85. The van der Waals surface area contributed by atoms with Crippen LogP contribution in [0.2, 0.25) is 0 Å². The number of aliphatic hydroxyl groups is 1. The van der Waals surface area contributed by atoms with Crippen LogP contribution in [0.1, 0.15) is 37.7 Å². The van der Waals surface area contributed by atoms with Gasteiger partial charge in [0.25, 0.3) is 0 Å². The van der Waals surface area contributed by atoms with Gasteiger partial charge in [0.05, 0.1) is 37.7 Å². The zero-order chi connectivity index (χ0) is 31.3. The Kier molecular flexibility index (Phi) is 10.4. The van der Waals surface area contributed by atoms with Gasteiger partial charge in [0.2, 0.25) is 15.9 Å². The highest BCUT2D eigenvalue weighted by molar-refractivity contribution is 7.89. The Labute approximate surface area is 257 Å². The summed E-state index contributed by atoms with van der Waals surface area (Å²) < 4.78 is 51.3. The third-order valence-electron chi connectivity index (χ3n) is 8.58. The summed E-state index contributed by atoms with van der Waals surface area (Å²) in [7, 11) is -2.52. The molecular weight excluding hydrogens is 590 g/mol. The summed E-state index contributed by atoms with van der Waals surface area (Å²) in [4.78, 5) is 25.3. The first-order chi connectivity index (χ1) is 21.1. The summed E-state index contributed by atoms with van der Waals surface area (Å²) in [5.74, 6) is -0.675. The number of benzene rings is 2. The van der Waals surface area contributed by atoms with E-state index in [1.807, 2.05) is 12.1 Å². The number of hydrogen-bond acceptors (Lipinski definition) is 10. The molecule has 0 bridgehead atoms. The van der Waals surface area contributed by atoms with Gasteiger partial charge in [0, 0.05) is 49.5 Å². The minimum Gasteiger partial charge on any atom is -0.497 e. The standard InChI is InChI=1S/C31H41N3O9S/c1-40-24-7-2-20(3-8-24)16-21(17-30(37)43-28-13-15-42-31-26(28)12-14-41-31)27(35)19-34(18-23-6-11-29(36)33-23)44(38,39)25-9-4-22(32)5-10-25/h2-5,7-10,21,23,26-28,31,35H,6,11-19,32H2,1H3,(H,33,36)/t21-,23-,26+,27-,28+,31-/m1/s1. The van der Waals surface area contributed by atoms with Crippen molar-refractivity contribution < 1.29 is 42.1 Å². The number of ether oxygens (including phenoxy) is 4. The lowest BCUT2D eigenvalue weighted by atomic mass is 9.90. The average Bonchev–Trinajstić information content (AvgIpc) is 3.66. The van der Waals surface area contributed by atoms with Crippen molar-refractivity contribution in [3.05, 3.63) is 54.1 Å². The fourth-order valence-electron chi connectivity index (χ4n) is 6.09. The number of methoxy groups -OCH3 is 1. The highest BCUT2D eigenvalue weighted by Gasteiger charge is 2.41. The second-order valence-electron chi connectivity index (χ2n) is 11.7. The molecule has 2 aromatic rings. The van der Waals surface area contributed by atoms with Crippen molar-refractivity contribution in [2.24, 2.45) is 11.8 Å². The molecule has 0 aliphatic carbocycles. The maximum atomic E-state index is 13.8. The number of carbonyl (C=O) groups excluding carboxylic acids is 2. The van der Waals surface area contributed by atoms with Crippen molar-refractivity contribution in [3.8, 4) is 5.75 Å². The molecule has 4 N–H and O–H groups in total. The van der Waals surface area contributed by atoms with Crippen molar-refractivity contribution in [2.45, 2.75) is 68.0 Å². The maximum absolute atomic E-state index is 13.8. The van der Waals surface area contributed by atoms with Crippen molar-refractivity contribution in [3.63, 3.8) is 0 Å². The topological polar surface area (TPSA) is 167 Å². The number of aliphatic hydroxyl groups excluding tert-OH is 1. The Morgan fingerprint density at radius 3 is 2.45 bits per heavy atom. The first-order valence-electron chi connectivity index (χ1n) is 15.0. The number of nitrogens with one attached hydrogen (secondary N) is 1. The van der Waals surface area contributed by atoms with Crippen LogP contribution >= 0.6 is 0 Å². The predicted molar refractivity (Wildman–Crippen MR) is 160 cm³/mol. The number of anilines is 1. The number of nitrogen functional groups attached to an aromatic ring is 1. The number of fused-ring (bicyclic) bond motifs is 1. The van der Waals surface area contributed by atoms with Gasteiger partial charge in [-0.25, -0.2) is 8.42 Å². The SMILES string of the molecule is COc1ccc(C[C@H](CC(=O)O[C@H]2CCO[C@H]3OCC[C@H]32)[C@H](O)CN(C[C@H]2CCC(=O)N2)S(=O)(=O)c2ccc(N)cc2)cc1. The number of carbonyl (C=O) groups is 2. The van der Waals surface area contributed by atoms with Gasteiger partial charge in [0.15, 0.2) is 6.29 Å². The molecule has 1 amide bonds. The quantitative estimate of drug-likeness (QED) is 0.219. The van der Waals surface area contributed by atoms with Crippen LogP contribution in [-0.2, 0) is 40.2 Å². The lowest BCUT2D eigenvalue weighted by molar-refractivity contribution is -0.195. The number of esters is 1. The molecule has 2 aromatic carbocycles. The van der Waals surface area contributed by atoms with Crippen LogP contribution in [0.5, 0.6) is 5.75 Å². The lowest BCUT2D eigenvalue weighted by Crippen LogP contribution is -2.47. The Bertz CT molecular complexity index is 1390. The summed E-state index contributed by atoms with van der Waals surface area (Å²) in [6, 6.07) is 12.7. The number of amides is 1. The molecule has 5 rings (SSSR count). The van der Waals surface area contributed by atoms with Gasteiger partial charge < -0.3 is 35.1 Å². The van der Waals surface area contributed by atoms with Crippen LogP contribution in [0.25, 0.3) is 0 Å². The second kappa shape index (κ2) is 14.2. The third kappa shape index (κ3) is 7.88. The van der Waals surface area contributed by atoms with Gasteiger partial charge in [-0.15, -0.1) is 0 Å². The molecule has 0 spiro atoms. The number of hydrogen-bond donors (Lipinski definition) is 3. The molecule has 6 atom stereocenters. The van der Waals surface area contributed by atoms with Crippen LogP contribution in [0.15, 0.2) is 53.4 Å². The molecule has 0 radical (unpaired) electrons. The molecule has 240 valence electrons. The van der Waals surface area contributed by atoms with Crippen LogP contribution in [-0.4, -0.2) is 87.7 Å². The molecular formula is C31H41N3O9S. The van der Waals surface area contributed by atoms with E-state index in [4.69, 9.17) is 24.7 Å². The average molecular weight is 632 g/mol. The first-order valence-corrected chi connectivity index (χ1v) is 16.4. The van der Waals surface area contributed by atoms with Gasteiger partial charge in [0.1, 0.15) is 11.9 Å². The number of sulfonamides is 1. The van der Waals surface area contributed by atoms with E-state index >= 15 is 0 Å². The molecule has 12 nitrogen and oxygen atoms in total. The van der Waals surface area contributed by atoms with E-state index < -0.39 is 34.1 Å². The highest BCUT2D eigenvalue weighted by Crippen LogP contribution is 2.33. The van der Waals surface area contributed by atoms with E-state index in [9.17, 15) is 23.1 Å². The van der Waals surface area contributed by atoms with Gasteiger partial charge in [-0.3, -0.25) is 9.59 Å². The second-order valence-corrected chi connectivity index (χ2v) is 13.6. The molecule has 44 heavy (non-hydrogen) atoms. The zero-order valence-corrected chi connectivity index (χ0v) is 25.6. The first kappa shape index (κ1) is 32.2. The van der Waals surface area contributed by atoms with Crippen LogP contribution < -0.4 is 15.8 Å². The fraction of sp³-hybridized carbons (Fsp3) is 0.548. The largest absolute Gasteiger partial charge is 0.497 e. The summed E-state index contributed by atoms with van der Waals surface area (Å²) in [6.45, 7) is 0.651. The molecule has 3 heterocycles. The Morgan fingerprint density at radius 1 is 1.09 bits per heavy atom. The van der Waals surface area contributed by atoms with E-state index in [1.165, 1.54) is 28.6 Å². The summed E-state index contributed by atoms with van der Waals surface area (Å²) in [5.41, 5.74) is 7.04. The van der Waals surface area contributed by atoms with Gasteiger partial charge >= 0.3 is 5.97 Å². The van der Waals surface area contributed by atoms with E-state index in [2.05, 4.69) is 5.32 Å². The zero-order valence-electron chi connectivity index (χ0n) is 24.8. The minimum absolute atomic E-state index is 0.0159. The van der Waals surface area contributed by atoms with E-state index in [0.29, 0.717) is 50.3 Å². The van der Waals surface area contributed by atoms with E-state index in [1.54, 1.807) is 19.2 Å². The Hall–Kier alpha value is -3.23. The minimum atomic E-state index is -4.09. The number of nitrogens with zero attached hydrogens (tertiary/aromatic N) is 1. The highest BCUT2D eigenvalue weighted by atomic mass is 32.2. The molecule has 3 aliphatic heterocycles. The van der Waals surface area contributed by atoms with Gasteiger partial charge in [-0.2, -0.15) is 4.31 Å².